The summed E-state index contributed by atoms with van der Waals surface area (Å²) in [4.78, 5) is 17.7. The monoisotopic (exact) mass is 456 g/mol. The summed E-state index contributed by atoms with van der Waals surface area (Å²) < 4.78 is 19.5. The van der Waals surface area contributed by atoms with Crippen molar-refractivity contribution >= 4 is 23.1 Å². The number of nitrogens with one attached hydrogen (secondary N) is 1. The van der Waals surface area contributed by atoms with Crippen LogP contribution in [0.4, 0.5) is 27.5 Å². The fraction of sp³-hybridized carbons (Fsp3) is 0.269. The number of likely N-dealkylation sites (N-methyl/N-ethyl adjacent to an activating group) is 2. The molecule has 2 aliphatic rings. The SMILES string of the molecule is [C-]#[N+]c1ccc2cc1OC/C=C\CN(C)c1nc(nc3c1CN(C)CC3c1ccc(F)cc1)N2. The Morgan fingerprint density at radius 1 is 1.12 bits per heavy atom. The number of anilines is 3. The Kier molecular flexibility index (Phi) is 5.86. The van der Waals surface area contributed by atoms with E-state index in [9.17, 15) is 4.39 Å². The summed E-state index contributed by atoms with van der Waals surface area (Å²) >= 11 is 0. The van der Waals surface area contributed by atoms with Crippen molar-refractivity contribution in [2.75, 3.05) is 44.0 Å². The lowest BCUT2D eigenvalue weighted by atomic mass is 9.88. The topological polar surface area (TPSA) is 57.9 Å². The quantitative estimate of drug-likeness (QED) is 0.416. The molecule has 8 heteroatoms. The molecule has 4 bridgehead atoms. The number of aromatic nitrogens is 2. The lowest BCUT2D eigenvalue weighted by Crippen LogP contribution is -2.34. The van der Waals surface area contributed by atoms with Crippen molar-refractivity contribution in [2.24, 2.45) is 0 Å². The van der Waals surface area contributed by atoms with E-state index >= 15 is 0 Å². The summed E-state index contributed by atoms with van der Waals surface area (Å²) in [5.41, 5.74) is 4.22. The van der Waals surface area contributed by atoms with Gasteiger partial charge in [-0.15, -0.1) is 0 Å². The molecule has 1 aromatic heterocycles. The van der Waals surface area contributed by atoms with Gasteiger partial charge in [0.25, 0.3) is 0 Å². The fourth-order valence-electron chi connectivity index (χ4n) is 4.45. The number of ether oxygens (including phenoxy) is 1. The smallest absolute Gasteiger partial charge is 0.229 e. The normalized spacial score (nSPS) is 18.8. The van der Waals surface area contributed by atoms with Gasteiger partial charge in [0.05, 0.1) is 12.3 Å². The minimum Gasteiger partial charge on any atom is -0.500 e. The van der Waals surface area contributed by atoms with Gasteiger partial charge in [0, 0.05) is 43.9 Å². The van der Waals surface area contributed by atoms with Gasteiger partial charge in [-0.1, -0.05) is 24.3 Å². The molecule has 5 rings (SSSR count). The van der Waals surface area contributed by atoms with E-state index in [1.165, 1.54) is 12.1 Å². The molecular formula is C26H25FN6O. The Labute approximate surface area is 198 Å². The van der Waals surface area contributed by atoms with Crippen LogP contribution in [0, 0.1) is 12.4 Å². The summed E-state index contributed by atoms with van der Waals surface area (Å²) in [6, 6.07) is 12.0. The maximum atomic E-state index is 13.6. The van der Waals surface area contributed by atoms with Crippen molar-refractivity contribution in [1.82, 2.24) is 14.9 Å². The highest BCUT2D eigenvalue weighted by Crippen LogP contribution is 2.38. The van der Waals surface area contributed by atoms with E-state index in [2.05, 4.69) is 27.0 Å². The Morgan fingerprint density at radius 3 is 2.74 bits per heavy atom. The molecule has 0 spiro atoms. The van der Waals surface area contributed by atoms with Gasteiger partial charge in [-0.2, -0.15) is 4.98 Å². The van der Waals surface area contributed by atoms with Gasteiger partial charge in [0.15, 0.2) is 0 Å². The summed E-state index contributed by atoms with van der Waals surface area (Å²) in [7, 11) is 4.09. The zero-order valence-corrected chi connectivity index (χ0v) is 19.1. The van der Waals surface area contributed by atoms with Crippen molar-refractivity contribution in [2.45, 2.75) is 12.5 Å². The van der Waals surface area contributed by atoms with Crippen LogP contribution in [0.1, 0.15) is 22.7 Å². The standard InChI is InChI=1S/C26H25FN6O/c1-28-22-11-10-19-14-23(22)34-13-5-4-12-33(3)25-21-16-32(2)15-20(17-6-8-18(27)9-7-17)24(21)30-26(29-19)31-25/h4-11,14,20H,12-13,15-16H2,2-3H3,(H,29,30,31)/b5-4-. The highest BCUT2D eigenvalue weighted by atomic mass is 19.1. The molecular weight excluding hydrogens is 431 g/mol. The van der Waals surface area contributed by atoms with Crippen LogP contribution < -0.4 is 15.0 Å². The van der Waals surface area contributed by atoms with Gasteiger partial charge < -0.3 is 19.9 Å². The lowest BCUT2D eigenvalue weighted by Gasteiger charge is -2.34. The van der Waals surface area contributed by atoms with Crippen LogP contribution >= 0.6 is 0 Å². The first-order chi connectivity index (χ1) is 16.5. The van der Waals surface area contributed by atoms with Crippen LogP contribution in [0.25, 0.3) is 4.85 Å². The van der Waals surface area contributed by atoms with Crippen LogP contribution in [0.5, 0.6) is 5.75 Å². The molecule has 2 aromatic carbocycles. The molecule has 2 aliphatic heterocycles. The van der Waals surface area contributed by atoms with E-state index in [1.54, 1.807) is 12.1 Å². The minimum absolute atomic E-state index is 0.0142. The Balaban J connectivity index is 1.65. The molecule has 172 valence electrons. The fourth-order valence-corrected chi connectivity index (χ4v) is 4.45. The van der Waals surface area contributed by atoms with Gasteiger partial charge in [0.2, 0.25) is 11.6 Å². The van der Waals surface area contributed by atoms with Gasteiger partial charge in [-0.25, -0.2) is 14.2 Å². The van der Waals surface area contributed by atoms with Crippen molar-refractivity contribution < 1.29 is 9.13 Å². The zero-order chi connectivity index (χ0) is 23.7. The Bertz CT molecular complexity index is 1280. The highest BCUT2D eigenvalue weighted by molar-refractivity contribution is 5.68. The average Bonchev–Trinajstić information content (AvgIpc) is 2.84. The second-order valence-electron chi connectivity index (χ2n) is 8.62. The second-order valence-corrected chi connectivity index (χ2v) is 8.62. The van der Waals surface area contributed by atoms with Crippen LogP contribution in [0.3, 0.4) is 0 Å². The zero-order valence-electron chi connectivity index (χ0n) is 19.1. The predicted octanol–water partition coefficient (Wildman–Crippen LogP) is 4.87. The van der Waals surface area contributed by atoms with Gasteiger partial charge in [0.1, 0.15) is 24.0 Å². The van der Waals surface area contributed by atoms with Crippen molar-refractivity contribution in [3.05, 3.63) is 88.7 Å². The second kappa shape index (κ2) is 9.12. The first-order valence-corrected chi connectivity index (χ1v) is 11.1. The Hall–Kier alpha value is -3.96. The highest BCUT2D eigenvalue weighted by Gasteiger charge is 2.31. The van der Waals surface area contributed by atoms with E-state index < -0.39 is 0 Å². The van der Waals surface area contributed by atoms with Crippen LogP contribution in [-0.2, 0) is 6.54 Å². The van der Waals surface area contributed by atoms with E-state index in [1.807, 2.05) is 37.4 Å². The molecule has 0 fully saturated rings. The van der Waals surface area contributed by atoms with Crippen LogP contribution in [0.15, 0.2) is 54.6 Å². The maximum absolute atomic E-state index is 13.6. The number of rotatable bonds is 1. The molecule has 0 saturated heterocycles. The number of fused-ring (bicyclic) bond motifs is 6. The molecule has 1 unspecified atom stereocenters. The number of halogens is 1. The van der Waals surface area contributed by atoms with Crippen LogP contribution in [-0.4, -0.2) is 48.7 Å². The first kappa shape index (κ1) is 21.9. The van der Waals surface area contributed by atoms with E-state index in [-0.39, 0.29) is 11.7 Å². The molecule has 0 radical (unpaired) electrons. The molecule has 3 aromatic rings. The molecule has 0 saturated carbocycles. The molecule has 0 amide bonds. The number of nitrogens with zero attached hydrogens (tertiary/aromatic N) is 5. The maximum Gasteiger partial charge on any atom is 0.229 e. The van der Waals surface area contributed by atoms with E-state index in [4.69, 9.17) is 21.3 Å². The average molecular weight is 457 g/mol. The third-order valence-electron chi connectivity index (χ3n) is 6.12. The number of hydrogen-bond donors (Lipinski definition) is 1. The molecule has 1 atom stereocenters. The van der Waals surface area contributed by atoms with Crippen molar-refractivity contribution in [3.8, 4) is 5.75 Å². The third-order valence-corrected chi connectivity index (χ3v) is 6.12. The third kappa shape index (κ3) is 4.30. The summed E-state index contributed by atoms with van der Waals surface area (Å²) in [5.74, 6) is 1.58. The largest absolute Gasteiger partial charge is 0.500 e. The summed E-state index contributed by atoms with van der Waals surface area (Å²) in [5, 5.41) is 3.31. The molecule has 3 heterocycles. The van der Waals surface area contributed by atoms with Crippen molar-refractivity contribution in [3.63, 3.8) is 0 Å². The van der Waals surface area contributed by atoms with Gasteiger partial charge in [-0.3, -0.25) is 0 Å². The number of benzene rings is 2. The summed E-state index contributed by atoms with van der Waals surface area (Å²) in [6.45, 7) is 9.93. The summed E-state index contributed by atoms with van der Waals surface area (Å²) in [6.07, 6.45) is 3.98. The van der Waals surface area contributed by atoms with Gasteiger partial charge in [-0.05, 0) is 43.0 Å². The molecule has 0 aliphatic carbocycles. The minimum atomic E-state index is -0.253. The van der Waals surface area contributed by atoms with E-state index in [0.717, 1.165) is 41.4 Å². The van der Waals surface area contributed by atoms with Crippen LogP contribution in [0.2, 0.25) is 0 Å². The molecule has 34 heavy (non-hydrogen) atoms. The van der Waals surface area contributed by atoms with Crippen molar-refractivity contribution in [1.29, 1.82) is 0 Å². The number of hydrogen-bond acceptors (Lipinski definition) is 6. The molecule has 7 nitrogen and oxygen atoms in total. The Morgan fingerprint density at radius 2 is 1.94 bits per heavy atom. The lowest BCUT2D eigenvalue weighted by molar-refractivity contribution is 0.291. The van der Waals surface area contributed by atoms with E-state index in [0.29, 0.717) is 30.5 Å². The van der Waals surface area contributed by atoms with Gasteiger partial charge >= 0.3 is 0 Å². The first-order valence-electron chi connectivity index (χ1n) is 11.1. The predicted molar refractivity (Wildman–Crippen MR) is 131 cm³/mol. The molecule has 1 N–H and O–H groups in total.